The average molecular weight is 360 g/mol. The summed E-state index contributed by atoms with van der Waals surface area (Å²) in [5.41, 5.74) is 13.1. The van der Waals surface area contributed by atoms with Crippen molar-refractivity contribution in [3.63, 3.8) is 0 Å². The van der Waals surface area contributed by atoms with Crippen molar-refractivity contribution in [1.82, 2.24) is 20.2 Å². The summed E-state index contributed by atoms with van der Waals surface area (Å²) in [6.07, 6.45) is 6.47. The van der Waals surface area contributed by atoms with Gasteiger partial charge in [0.15, 0.2) is 0 Å². The topological polar surface area (TPSA) is 124 Å². The molecular formula is C15H18ClN9. The summed E-state index contributed by atoms with van der Waals surface area (Å²) in [6, 6.07) is 5.51. The van der Waals surface area contributed by atoms with Gasteiger partial charge in [0.05, 0.1) is 16.4 Å². The molecule has 4 N–H and O–H groups in total. The fourth-order valence-corrected chi connectivity index (χ4v) is 3.77. The minimum absolute atomic E-state index is 0.211. The van der Waals surface area contributed by atoms with Crippen LogP contribution in [0, 0.1) is 0 Å². The van der Waals surface area contributed by atoms with E-state index in [0.29, 0.717) is 16.7 Å². The Morgan fingerprint density at radius 1 is 1.12 bits per heavy atom. The molecule has 0 amide bonds. The quantitative estimate of drug-likeness (QED) is 0.835. The molecule has 1 spiro atoms. The number of guanidine groups is 2. The Morgan fingerprint density at radius 2 is 1.92 bits per heavy atom. The van der Waals surface area contributed by atoms with Gasteiger partial charge in [-0.3, -0.25) is 4.90 Å². The molecule has 4 rings (SSSR count). The summed E-state index contributed by atoms with van der Waals surface area (Å²) < 4.78 is 1.56. The lowest BCUT2D eigenvalue weighted by Gasteiger charge is -2.45. The van der Waals surface area contributed by atoms with Gasteiger partial charge in [-0.15, -0.1) is 5.10 Å². The molecule has 0 atom stereocenters. The summed E-state index contributed by atoms with van der Waals surface area (Å²) >= 11 is 6.50. The maximum Gasteiger partial charge on any atom is 0.220 e. The Kier molecular flexibility index (Phi) is 3.79. The monoisotopic (exact) mass is 359 g/mol. The number of anilines is 1. The first-order valence-electron chi connectivity index (χ1n) is 8.12. The van der Waals surface area contributed by atoms with Crippen LogP contribution in [0.1, 0.15) is 32.1 Å². The lowest BCUT2D eigenvalue weighted by atomic mass is 9.87. The summed E-state index contributed by atoms with van der Waals surface area (Å²) in [5.74, 6) is 0.508. The van der Waals surface area contributed by atoms with Crippen molar-refractivity contribution in [2.24, 2.45) is 21.5 Å². The average Bonchev–Trinajstić information content (AvgIpc) is 3.11. The van der Waals surface area contributed by atoms with Gasteiger partial charge in [0.1, 0.15) is 12.0 Å². The molecule has 1 aromatic carbocycles. The van der Waals surface area contributed by atoms with Gasteiger partial charge in [-0.05, 0) is 54.3 Å². The molecule has 2 heterocycles. The number of nitrogens with zero attached hydrogens (tertiary/aromatic N) is 7. The highest BCUT2D eigenvalue weighted by molar-refractivity contribution is 6.34. The Labute approximate surface area is 149 Å². The highest BCUT2D eigenvalue weighted by atomic mass is 35.5. The van der Waals surface area contributed by atoms with E-state index in [1.165, 1.54) is 12.7 Å². The second kappa shape index (κ2) is 5.99. The third kappa shape index (κ3) is 2.70. The summed E-state index contributed by atoms with van der Waals surface area (Å²) in [6.45, 7) is 0. The van der Waals surface area contributed by atoms with Crippen LogP contribution in [0.3, 0.4) is 0 Å². The number of aliphatic imine (C=N–C) groups is 2. The second-order valence-corrected chi connectivity index (χ2v) is 6.62. The van der Waals surface area contributed by atoms with E-state index in [-0.39, 0.29) is 5.96 Å². The van der Waals surface area contributed by atoms with Crippen molar-refractivity contribution < 1.29 is 0 Å². The highest BCUT2D eigenvalue weighted by Crippen LogP contribution is 2.42. The van der Waals surface area contributed by atoms with E-state index in [4.69, 9.17) is 23.1 Å². The third-order valence-corrected chi connectivity index (χ3v) is 4.96. The maximum absolute atomic E-state index is 6.50. The number of rotatable bonds is 2. The molecule has 130 valence electrons. The SMILES string of the molecule is NC1=NC2(CCCCC2)N(c2cc(-n3cnnn3)ccc2Cl)C(N)=N1. The minimum atomic E-state index is -0.545. The normalized spacial score (nSPS) is 19.6. The van der Waals surface area contributed by atoms with E-state index in [0.717, 1.165) is 31.4 Å². The molecule has 1 aliphatic carbocycles. The molecule has 1 aliphatic heterocycles. The third-order valence-electron chi connectivity index (χ3n) is 4.64. The molecular weight excluding hydrogens is 342 g/mol. The molecule has 2 aromatic rings. The van der Waals surface area contributed by atoms with Gasteiger partial charge < -0.3 is 11.5 Å². The standard InChI is InChI=1S/C15H18ClN9/c16-11-5-4-10(24-9-19-22-23-24)8-12(11)25-14(18)20-13(17)21-15(25)6-2-1-3-7-15/h4-5,8-9H,1-3,6-7H2,(H4,17,18,20,21). The fourth-order valence-electron chi connectivity index (χ4n) is 3.56. The Hall–Kier alpha value is -2.68. The molecule has 1 fully saturated rings. The van der Waals surface area contributed by atoms with Crippen molar-refractivity contribution in [3.8, 4) is 5.69 Å². The molecule has 9 nitrogen and oxygen atoms in total. The smallest absolute Gasteiger partial charge is 0.220 e. The summed E-state index contributed by atoms with van der Waals surface area (Å²) in [7, 11) is 0. The van der Waals surface area contributed by atoms with Crippen molar-refractivity contribution in [1.29, 1.82) is 0 Å². The van der Waals surface area contributed by atoms with Gasteiger partial charge in [-0.25, -0.2) is 9.67 Å². The number of hydrogen-bond acceptors (Lipinski definition) is 8. The number of benzene rings is 1. The maximum atomic E-state index is 6.50. The van der Waals surface area contributed by atoms with Crippen LogP contribution in [0.25, 0.3) is 5.69 Å². The van der Waals surface area contributed by atoms with Crippen molar-refractivity contribution in [2.45, 2.75) is 37.8 Å². The number of halogens is 1. The van der Waals surface area contributed by atoms with Crippen LogP contribution in [0.5, 0.6) is 0 Å². The first-order chi connectivity index (χ1) is 12.1. The van der Waals surface area contributed by atoms with Crippen LogP contribution in [0.15, 0.2) is 34.5 Å². The van der Waals surface area contributed by atoms with Gasteiger partial charge in [0.2, 0.25) is 11.9 Å². The Bertz CT molecular complexity index is 837. The molecule has 0 unspecified atom stereocenters. The van der Waals surface area contributed by atoms with Gasteiger partial charge in [0.25, 0.3) is 0 Å². The first kappa shape index (κ1) is 15.8. The van der Waals surface area contributed by atoms with E-state index in [1.54, 1.807) is 10.7 Å². The van der Waals surface area contributed by atoms with Crippen LogP contribution in [0.2, 0.25) is 5.02 Å². The number of aromatic nitrogens is 4. The van der Waals surface area contributed by atoms with Gasteiger partial charge in [-0.2, -0.15) is 4.99 Å². The molecule has 10 heteroatoms. The predicted molar refractivity (Wildman–Crippen MR) is 95.7 cm³/mol. The number of tetrazole rings is 1. The predicted octanol–water partition coefficient (Wildman–Crippen LogP) is 1.43. The lowest BCUT2D eigenvalue weighted by Crippen LogP contribution is -2.58. The van der Waals surface area contributed by atoms with Crippen LogP contribution in [-0.2, 0) is 0 Å². The zero-order valence-electron chi connectivity index (χ0n) is 13.5. The summed E-state index contributed by atoms with van der Waals surface area (Å²) in [5, 5.41) is 11.8. The lowest BCUT2D eigenvalue weighted by molar-refractivity contribution is 0.305. The van der Waals surface area contributed by atoms with E-state index < -0.39 is 5.66 Å². The largest absolute Gasteiger partial charge is 0.369 e. The van der Waals surface area contributed by atoms with Crippen LogP contribution in [0.4, 0.5) is 5.69 Å². The Morgan fingerprint density at radius 3 is 2.64 bits per heavy atom. The van der Waals surface area contributed by atoms with Crippen LogP contribution < -0.4 is 16.4 Å². The van der Waals surface area contributed by atoms with Gasteiger partial charge in [-0.1, -0.05) is 18.0 Å². The van der Waals surface area contributed by atoms with Crippen molar-refractivity contribution >= 4 is 29.2 Å². The molecule has 0 saturated heterocycles. The zero-order chi connectivity index (χ0) is 17.4. The number of nitrogens with two attached hydrogens (primary N) is 2. The fraction of sp³-hybridized carbons (Fsp3) is 0.400. The van der Waals surface area contributed by atoms with Crippen LogP contribution in [-0.4, -0.2) is 37.8 Å². The molecule has 1 aromatic heterocycles. The van der Waals surface area contributed by atoms with Crippen molar-refractivity contribution in [2.75, 3.05) is 4.90 Å². The van der Waals surface area contributed by atoms with Crippen LogP contribution >= 0.6 is 11.6 Å². The van der Waals surface area contributed by atoms with E-state index in [1.807, 2.05) is 17.0 Å². The molecule has 0 bridgehead atoms. The molecule has 1 saturated carbocycles. The second-order valence-electron chi connectivity index (χ2n) is 6.21. The van der Waals surface area contributed by atoms with Gasteiger partial charge in [0, 0.05) is 0 Å². The molecule has 0 radical (unpaired) electrons. The first-order valence-corrected chi connectivity index (χ1v) is 8.49. The Balaban J connectivity index is 1.84. The zero-order valence-corrected chi connectivity index (χ0v) is 14.3. The van der Waals surface area contributed by atoms with E-state index in [2.05, 4.69) is 25.5 Å². The summed E-state index contributed by atoms with van der Waals surface area (Å²) in [4.78, 5) is 10.7. The minimum Gasteiger partial charge on any atom is -0.369 e. The van der Waals surface area contributed by atoms with E-state index in [9.17, 15) is 0 Å². The molecule has 2 aliphatic rings. The van der Waals surface area contributed by atoms with Crippen molar-refractivity contribution in [3.05, 3.63) is 29.5 Å². The highest BCUT2D eigenvalue weighted by Gasteiger charge is 2.43. The molecule has 25 heavy (non-hydrogen) atoms. The number of hydrogen-bond donors (Lipinski definition) is 2. The van der Waals surface area contributed by atoms with Gasteiger partial charge >= 0.3 is 0 Å². The van der Waals surface area contributed by atoms with E-state index >= 15 is 0 Å².